The number of hydrogen-bond acceptors (Lipinski definition) is 4. The van der Waals surface area contributed by atoms with Crippen molar-refractivity contribution >= 4 is 0 Å². The summed E-state index contributed by atoms with van der Waals surface area (Å²) >= 11 is 0. The molecule has 4 heteroatoms. The quantitative estimate of drug-likeness (QED) is 0.554. The van der Waals surface area contributed by atoms with E-state index in [0.29, 0.717) is 35.5 Å². The van der Waals surface area contributed by atoms with Gasteiger partial charge in [0.25, 0.3) is 0 Å². The highest BCUT2D eigenvalue weighted by molar-refractivity contribution is 5.27. The van der Waals surface area contributed by atoms with Crippen molar-refractivity contribution in [1.29, 1.82) is 0 Å². The van der Waals surface area contributed by atoms with Crippen molar-refractivity contribution in [3.63, 3.8) is 0 Å². The average molecular weight is 461 g/mol. The molecule has 33 heavy (non-hydrogen) atoms. The lowest BCUT2D eigenvalue weighted by Crippen LogP contribution is -2.55. The number of aliphatic hydroxyl groups is 2. The Morgan fingerprint density at radius 2 is 1.79 bits per heavy atom. The monoisotopic (exact) mass is 460 g/mol. The minimum atomic E-state index is -0.405. The maximum atomic E-state index is 11.1. The van der Waals surface area contributed by atoms with Crippen LogP contribution in [0.3, 0.4) is 0 Å². The summed E-state index contributed by atoms with van der Waals surface area (Å²) in [7, 11) is 0. The number of aliphatic hydroxyl groups excluding tert-OH is 2. The molecule has 188 valence electrons. The first kappa shape index (κ1) is 24.3. The zero-order chi connectivity index (χ0) is 23.5. The number of fused-ring (bicyclic) bond motifs is 5. The molecule has 0 amide bonds. The van der Waals surface area contributed by atoms with Gasteiger partial charge in [0, 0.05) is 11.8 Å². The molecule has 4 nitrogen and oxygen atoms in total. The normalized spacial score (nSPS) is 50.8. The second-order valence-electron chi connectivity index (χ2n) is 13.2. The minimum Gasteiger partial charge on any atom is -0.393 e. The van der Waals surface area contributed by atoms with E-state index < -0.39 is 6.10 Å². The number of rotatable bonds is 4. The third-order valence-electron chi connectivity index (χ3n) is 11.3. The zero-order valence-corrected chi connectivity index (χ0v) is 21.6. The van der Waals surface area contributed by atoms with E-state index in [1.54, 1.807) is 0 Å². The van der Waals surface area contributed by atoms with Crippen LogP contribution in [0.15, 0.2) is 11.6 Å². The second-order valence-corrected chi connectivity index (χ2v) is 13.2. The van der Waals surface area contributed by atoms with Crippen LogP contribution in [-0.4, -0.2) is 47.8 Å². The first-order chi connectivity index (χ1) is 15.7. The fourth-order valence-electron chi connectivity index (χ4n) is 9.62. The van der Waals surface area contributed by atoms with Crippen LogP contribution < -0.4 is 0 Å². The van der Waals surface area contributed by atoms with Crippen molar-refractivity contribution in [3.8, 4) is 0 Å². The van der Waals surface area contributed by atoms with E-state index in [1.807, 2.05) is 0 Å². The van der Waals surface area contributed by atoms with E-state index >= 15 is 0 Å². The van der Waals surface area contributed by atoms with Gasteiger partial charge in [-0.3, -0.25) is 0 Å². The molecule has 11 atom stereocenters. The van der Waals surface area contributed by atoms with Crippen molar-refractivity contribution in [2.24, 2.45) is 46.3 Å². The molecule has 1 saturated heterocycles. The van der Waals surface area contributed by atoms with E-state index in [2.05, 4.69) is 40.7 Å². The van der Waals surface area contributed by atoms with Gasteiger partial charge < -0.3 is 19.7 Å². The first-order valence-corrected chi connectivity index (χ1v) is 13.9. The molecule has 0 aromatic rings. The third kappa shape index (κ3) is 3.86. The molecule has 0 spiro atoms. The van der Waals surface area contributed by atoms with Crippen LogP contribution in [0.5, 0.6) is 0 Å². The molecule has 1 heterocycles. The molecule has 5 aliphatic rings. The minimum absolute atomic E-state index is 0.134. The van der Waals surface area contributed by atoms with Crippen molar-refractivity contribution in [1.82, 2.24) is 0 Å². The zero-order valence-electron chi connectivity index (χ0n) is 21.6. The molecule has 0 bridgehead atoms. The second kappa shape index (κ2) is 8.91. The third-order valence-corrected chi connectivity index (χ3v) is 11.3. The summed E-state index contributed by atoms with van der Waals surface area (Å²) in [5.41, 5.74) is 1.60. The topological polar surface area (TPSA) is 58.9 Å². The van der Waals surface area contributed by atoms with Crippen LogP contribution in [0.2, 0.25) is 0 Å². The van der Waals surface area contributed by atoms with Crippen LogP contribution >= 0.6 is 0 Å². The van der Waals surface area contributed by atoms with E-state index in [4.69, 9.17) is 9.47 Å². The van der Waals surface area contributed by atoms with Gasteiger partial charge in [-0.1, -0.05) is 46.3 Å². The van der Waals surface area contributed by atoms with Gasteiger partial charge in [-0.05, 0) is 85.9 Å². The lowest BCUT2D eigenvalue weighted by molar-refractivity contribution is -0.164. The van der Waals surface area contributed by atoms with Gasteiger partial charge in [-0.2, -0.15) is 0 Å². The molecule has 2 N–H and O–H groups in total. The fraction of sp³-hybridized carbons (Fsp3) is 0.931. The molecule has 2 unspecified atom stereocenters. The van der Waals surface area contributed by atoms with Crippen molar-refractivity contribution in [2.45, 2.75) is 110 Å². The largest absolute Gasteiger partial charge is 0.393 e. The van der Waals surface area contributed by atoms with Crippen LogP contribution in [0.25, 0.3) is 0 Å². The lowest BCUT2D eigenvalue weighted by Gasteiger charge is -2.59. The van der Waals surface area contributed by atoms with Gasteiger partial charge in [0.15, 0.2) is 0 Å². The van der Waals surface area contributed by atoms with Gasteiger partial charge in [0.1, 0.15) is 0 Å². The van der Waals surface area contributed by atoms with Gasteiger partial charge in [0.2, 0.25) is 0 Å². The molecule has 0 aromatic heterocycles. The fourth-order valence-corrected chi connectivity index (χ4v) is 9.62. The maximum Gasteiger partial charge on any atom is 0.0860 e. The van der Waals surface area contributed by atoms with Crippen molar-refractivity contribution in [2.75, 3.05) is 13.2 Å². The number of hydrogen-bond donors (Lipinski definition) is 2. The Kier molecular flexibility index (Phi) is 6.55. The molecular weight excluding hydrogens is 412 g/mol. The summed E-state index contributed by atoms with van der Waals surface area (Å²) in [5, 5.41) is 21.4. The molecule has 0 aromatic carbocycles. The van der Waals surface area contributed by atoms with Gasteiger partial charge in [-0.15, -0.1) is 0 Å². The average Bonchev–Trinajstić information content (AvgIpc) is 3.12. The highest BCUT2D eigenvalue weighted by atomic mass is 16.6. The summed E-state index contributed by atoms with van der Waals surface area (Å²) in [4.78, 5) is 0. The molecule has 0 radical (unpaired) electrons. The maximum absolute atomic E-state index is 11.1. The highest BCUT2D eigenvalue weighted by Crippen LogP contribution is 2.67. The molecule has 1 aliphatic heterocycles. The summed E-state index contributed by atoms with van der Waals surface area (Å²) < 4.78 is 12.4. The van der Waals surface area contributed by atoms with Crippen molar-refractivity contribution in [3.05, 3.63) is 11.6 Å². The van der Waals surface area contributed by atoms with Crippen LogP contribution in [0.4, 0.5) is 0 Å². The van der Waals surface area contributed by atoms with E-state index in [0.717, 1.165) is 44.3 Å². The smallest absolute Gasteiger partial charge is 0.0860 e. The van der Waals surface area contributed by atoms with Gasteiger partial charge >= 0.3 is 0 Å². The Morgan fingerprint density at radius 1 is 1.03 bits per heavy atom. The standard InChI is InChI=1S/C29H48O4/c1-17(2)27-25(32-12-13-33-27)14-18(3)22-8-9-23-21-7-6-19-15-20(30)16-26(31)29(19,5)24(21)10-11-28(22,23)4/h6,17-18,20-27,30-31H,7-16H2,1-5H3/t18-,20-,21+,22-,23+,24+,25?,26+,27?,28-,29+/m1/s1. The Bertz CT molecular complexity index is 748. The van der Waals surface area contributed by atoms with E-state index in [-0.39, 0.29) is 23.7 Å². The van der Waals surface area contributed by atoms with E-state index in [9.17, 15) is 10.2 Å². The predicted molar refractivity (Wildman–Crippen MR) is 131 cm³/mol. The van der Waals surface area contributed by atoms with Crippen LogP contribution in [-0.2, 0) is 9.47 Å². The Labute approximate surface area is 201 Å². The lowest BCUT2D eigenvalue weighted by atomic mass is 9.46. The molecule has 4 fully saturated rings. The van der Waals surface area contributed by atoms with Crippen molar-refractivity contribution < 1.29 is 19.7 Å². The van der Waals surface area contributed by atoms with Crippen LogP contribution in [0, 0.1) is 46.3 Å². The first-order valence-electron chi connectivity index (χ1n) is 13.9. The Hall–Kier alpha value is -0.420. The summed E-state index contributed by atoms with van der Waals surface area (Å²) in [6.45, 7) is 13.4. The Balaban J connectivity index is 1.33. The highest BCUT2D eigenvalue weighted by Gasteiger charge is 2.61. The summed E-state index contributed by atoms with van der Waals surface area (Å²) in [6.07, 6.45) is 10.8. The number of allylic oxidation sites excluding steroid dienone is 1. The predicted octanol–water partition coefficient (Wildman–Crippen LogP) is 5.36. The van der Waals surface area contributed by atoms with E-state index in [1.165, 1.54) is 31.3 Å². The molecule has 5 rings (SSSR count). The van der Waals surface area contributed by atoms with Gasteiger partial charge in [-0.25, -0.2) is 0 Å². The summed E-state index contributed by atoms with van der Waals surface area (Å²) in [5.74, 6) is 3.88. The van der Waals surface area contributed by atoms with Crippen LogP contribution in [0.1, 0.15) is 86.0 Å². The SMILES string of the molecule is CC(C)C1OCCOC1C[C@@H](C)[C@H]1CC[C@H]2[C@@H]3CC=C4C[C@@H](O)C[C@H](O)[C@]4(C)[C@H]3CC[C@]12C. The van der Waals surface area contributed by atoms with Gasteiger partial charge in [0.05, 0.1) is 37.6 Å². The molecule has 3 saturated carbocycles. The Morgan fingerprint density at radius 3 is 2.55 bits per heavy atom. The molecule has 4 aliphatic carbocycles. The number of ether oxygens (including phenoxy) is 2. The summed E-state index contributed by atoms with van der Waals surface area (Å²) in [6, 6.07) is 0. The molecular formula is C29H48O4.